The van der Waals surface area contributed by atoms with E-state index in [-0.39, 0.29) is 18.4 Å². The number of hydrogen-bond acceptors (Lipinski definition) is 3. The van der Waals surface area contributed by atoms with Crippen molar-refractivity contribution in [1.82, 2.24) is 14.3 Å². The summed E-state index contributed by atoms with van der Waals surface area (Å²) in [4.78, 5) is 30.5. The monoisotopic (exact) mass is 291 g/mol. The first kappa shape index (κ1) is 12.8. The number of carbonyl (C=O) groups excluding carboxylic acids is 2. The molecule has 0 fully saturated rings. The van der Waals surface area contributed by atoms with Crippen LogP contribution in [0.25, 0.3) is 5.65 Å². The summed E-state index contributed by atoms with van der Waals surface area (Å²) in [5.41, 5.74) is 3.49. The number of hydrogen-bond donors (Lipinski definition) is 0. The molecule has 0 N–H and O–H groups in total. The van der Waals surface area contributed by atoms with Gasteiger partial charge in [0.05, 0.1) is 23.4 Å². The Labute approximate surface area is 126 Å². The summed E-state index contributed by atoms with van der Waals surface area (Å²) >= 11 is 0. The first-order chi connectivity index (χ1) is 10.6. The summed E-state index contributed by atoms with van der Waals surface area (Å²) in [5.74, 6) is -0.510. The number of rotatable bonds is 2. The van der Waals surface area contributed by atoms with E-state index in [1.807, 2.05) is 35.7 Å². The Bertz CT molecular complexity index is 892. The number of aryl methyl sites for hydroxylation is 1. The van der Waals surface area contributed by atoms with Crippen LogP contribution in [0.2, 0.25) is 0 Å². The smallest absolute Gasteiger partial charge is 0.261 e. The van der Waals surface area contributed by atoms with Gasteiger partial charge >= 0.3 is 0 Å². The molecule has 3 heterocycles. The fourth-order valence-electron chi connectivity index (χ4n) is 2.82. The standard InChI is InChI=1S/C17H13N3O2/c1-11-5-4-8-15-18-12(9-19(11)15)10-20-16(21)13-6-2-3-7-14(13)17(20)22/h2-9H,10H2,1H3. The molecule has 0 spiro atoms. The second kappa shape index (κ2) is 4.53. The minimum absolute atomic E-state index is 0.188. The second-order valence-corrected chi connectivity index (χ2v) is 5.37. The molecule has 1 aromatic carbocycles. The lowest BCUT2D eigenvalue weighted by Crippen LogP contribution is -2.29. The molecule has 0 unspecified atom stereocenters. The topological polar surface area (TPSA) is 54.7 Å². The van der Waals surface area contributed by atoms with E-state index in [0.717, 1.165) is 11.3 Å². The van der Waals surface area contributed by atoms with Gasteiger partial charge in [0.2, 0.25) is 0 Å². The third-order valence-electron chi connectivity index (χ3n) is 3.94. The van der Waals surface area contributed by atoms with Gasteiger partial charge in [-0.1, -0.05) is 18.2 Å². The number of pyridine rings is 1. The number of aromatic nitrogens is 2. The molecule has 5 nitrogen and oxygen atoms in total. The van der Waals surface area contributed by atoms with Crippen molar-refractivity contribution in [3.63, 3.8) is 0 Å². The molecule has 2 aromatic heterocycles. The van der Waals surface area contributed by atoms with Crippen LogP contribution in [-0.2, 0) is 6.54 Å². The van der Waals surface area contributed by atoms with Crippen molar-refractivity contribution in [2.24, 2.45) is 0 Å². The Hall–Kier alpha value is -2.95. The van der Waals surface area contributed by atoms with E-state index < -0.39 is 0 Å². The van der Waals surface area contributed by atoms with E-state index >= 15 is 0 Å². The third-order valence-corrected chi connectivity index (χ3v) is 3.94. The van der Waals surface area contributed by atoms with Gasteiger partial charge < -0.3 is 4.40 Å². The summed E-state index contributed by atoms with van der Waals surface area (Å²) in [6, 6.07) is 12.7. The van der Waals surface area contributed by atoms with Crippen LogP contribution in [-0.4, -0.2) is 26.1 Å². The molecule has 5 heteroatoms. The summed E-state index contributed by atoms with van der Waals surface area (Å²) < 4.78 is 1.95. The SMILES string of the molecule is Cc1cccc2nc(CN3C(=O)c4ccccc4C3=O)cn12. The number of carbonyl (C=O) groups is 2. The minimum Gasteiger partial charge on any atom is -0.304 e. The highest BCUT2D eigenvalue weighted by Crippen LogP contribution is 2.24. The van der Waals surface area contributed by atoms with Gasteiger partial charge in [0.15, 0.2) is 0 Å². The van der Waals surface area contributed by atoms with Crippen LogP contribution in [0.4, 0.5) is 0 Å². The lowest BCUT2D eigenvalue weighted by molar-refractivity contribution is 0.0640. The molecule has 0 aliphatic carbocycles. The average Bonchev–Trinajstić information content (AvgIpc) is 3.04. The Morgan fingerprint density at radius 3 is 2.27 bits per heavy atom. The van der Waals surface area contributed by atoms with Crippen molar-refractivity contribution in [1.29, 1.82) is 0 Å². The van der Waals surface area contributed by atoms with E-state index in [4.69, 9.17) is 0 Å². The fraction of sp³-hybridized carbons (Fsp3) is 0.118. The normalized spacial score (nSPS) is 14.0. The Kier molecular flexibility index (Phi) is 2.63. The molecular weight excluding hydrogens is 278 g/mol. The van der Waals surface area contributed by atoms with Gasteiger partial charge in [0.25, 0.3) is 11.8 Å². The number of nitrogens with zero attached hydrogens (tertiary/aromatic N) is 3. The highest BCUT2D eigenvalue weighted by atomic mass is 16.2. The number of amides is 2. The van der Waals surface area contributed by atoms with Gasteiger partial charge in [-0.3, -0.25) is 14.5 Å². The molecular formula is C17H13N3O2. The molecule has 22 heavy (non-hydrogen) atoms. The number of benzene rings is 1. The Morgan fingerprint density at radius 1 is 0.955 bits per heavy atom. The highest BCUT2D eigenvalue weighted by Gasteiger charge is 2.35. The summed E-state index contributed by atoms with van der Waals surface area (Å²) in [6.07, 6.45) is 1.87. The molecule has 1 aliphatic heterocycles. The van der Waals surface area contributed by atoms with Crippen LogP contribution >= 0.6 is 0 Å². The zero-order chi connectivity index (χ0) is 15.3. The summed E-state index contributed by atoms with van der Waals surface area (Å²) in [7, 11) is 0. The maximum atomic E-state index is 12.4. The van der Waals surface area contributed by atoms with Crippen molar-refractivity contribution >= 4 is 17.5 Å². The molecule has 0 saturated carbocycles. The molecule has 1 aliphatic rings. The molecule has 108 valence electrons. The van der Waals surface area contributed by atoms with E-state index in [0.29, 0.717) is 16.8 Å². The van der Waals surface area contributed by atoms with Crippen LogP contribution in [0.3, 0.4) is 0 Å². The van der Waals surface area contributed by atoms with Gasteiger partial charge in [-0.25, -0.2) is 4.98 Å². The Balaban J connectivity index is 1.70. The lowest BCUT2D eigenvalue weighted by atomic mass is 10.1. The van der Waals surface area contributed by atoms with E-state index in [1.165, 1.54) is 4.90 Å². The van der Waals surface area contributed by atoms with Gasteiger partial charge in [-0.15, -0.1) is 0 Å². The van der Waals surface area contributed by atoms with Crippen molar-refractivity contribution in [3.8, 4) is 0 Å². The maximum Gasteiger partial charge on any atom is 0.261 e. The second-order valence-electron chi connectivity index (χ2n) is 5.37. The van der Waals surface area contributed by atoms with E-state index in [1.54, 1.807) is 24.3 Å². The molecule has 2 amide bonds. The maximum absolute atomic E-state index is 12.4. The first-order valence-corrected chi connectivity index (χ1v) is 7.04. The van der Waals surface area contributed by atoms with E-state index in [2.05, 4.69) is 4.98 Å². The number of fused-ring (bicyclic) bond motifs is 2. The highest BCUT2D eigenvalue weighted by molar-refractivity contribution is 6.21. The van der Waals surface area contributed by atoms with Gasteiger partial charge in [-0.2, -0.15) is 0 Å². The van der Waals surface area contributed by atoms with Crippen molar-refractivity contribution in [2.75, 3.05) is 0 Å². The minimum atomic E-state index is -0.255. The van der Waals surface area contributed by atoms with Gasteiger partial charge in [-0.05, 0) is 31.2 Å². The van der Waals surface area contributed by atoms with Crippen LogP contribution in [0, 0.1) is 6.92 Å². The van der Waals surface area contributed by atoms with Gasteiger partial charge in [0, 0.05) is 11.9 Å². The molecule has 0 radical (unpaired) electrons. The van der Waals surface area contributed by atoms with Crippen LogP contribution < -0.4 is 0 Å². The number of imide groups is 1. The van der Waals surface area contributed by atoms with Crippen molar-refractivity contribution < 1.29 is 9.59 Å². The van der Waals surface area contributed by atoms with Crippen LogP contribution in [0.1, 0.15) is 32.1 Å². The largest absolute Gasteiger partial charge is 0.304 e. The van der Waals surface area contributed by atoms with Crippen LogP contribution in [0.5, 0.6) is 0 Å². The lowest BCUT2D eigenvalue weighted by Gasteiger charge is -2.11. The van der Waals surface area contributed by atoms with E-state index in [9.17, 15) is 9.59 Å². The zero-order valence-electron chi connectivity index (χ0n) is 12.0. The first-order valence-electron chi connectivity index (χ1n) is 7.04. The summed E-state index contributed by atoms with van der Waals surface area (Å²) in [6.45, 7) is 2.17. The molecule has 0 bridgehead atoms. The molecule has 4 rings (SSSR count). The quantitative estimate of drug-likeness (QED) is 0.681. The van der Waals surface area contributed by atoms with Crippen LogP contribution in [0.15, 0.2) is 48.7 Å². The van der Waals surface area contributed by atoms with Crippen molar-refractivity contribution in [2.45, 2.75) is 13.5 Å². The third kappa shape index (κ3) is 1.75. The van der Waals surface area contributed by atoms with Crippen molar-refractivity contribution in [3.05, 3.63) is 71.2 Å². The molecule has 0 saturated heterocycles. The molecule has 3 aromatic rings. The van der Waals surface area contributed by atoms with Gasteiger partial charge in [0.1, 0.15) is 5.65 Å². The number of imidazole rings is 1. The molecule has 0 atom stereocenters. The Morgan fingerprint density at radius 2 is 1.64 bits per heavy atom. The predicted molar refractivity (Wildman–Crippen MR) is 80.6 cm³/mol. The summed E-state index contributed by atoms with van der Waals surface area (Å²) in [5, 5.41) is 0. The fourth-order valence-corrected chi connectivity index (χ4v) is 2.82. The predicted octanol–water partition coefficient (Wildman–Crippen LogP) is 2.44. The zero-order valence-corrected chi connectivity index (χ0v) is 12.0. The average molecular weight is 291 g/mol.